The maximum Gasteiger partial charge on any atom is 0.332 e. The van der Waals surface area contributed by atoms with Crippen molar-refractivity contribution in [2.45, 2.75) is 33.4 Å². The van der Waals surface area contributed by atoms with Crippen molar-refractivity contribution in [3.05, 3.63) is 68.0 Å². The summed E-state index contributed by atoms with van der Waals surface area (Å²) in [5.74, 6) is 0.356. The van der Waals surface area contributed by atoms with E-state index in [1.54, 1.807) is 13.0 Å². The van der Waals surface area contributed by atoms with Crippen LogP contribution < -0.4 is 21.3 Å². The van der Waals surface area contributed by atoms with Crippen molar-refractivity contribution >= 4 is 16.9 Å². The smallest absolute Gasteiger partial charge is 0.332 e. The molecule has 0 atom stereocenters. The number of nitrogens with zero attached hydrogens (tertiary/aromatic N) is 3. The normalized spacial score (nSPS) is 11.1. The fourth-order valence-electron chi connectivity index (χ4n) is 3.10. The molecule has 0 unspecified atom stereocenters. The van der Waals surface area contributed by atoms with Gasteiger partial charge in [-0.2, -0.15) is 0 Å². The summed E-state index contributed by atoms with van der Waals surface area (Å²) >= 11 is 0. The zero-order chi connectivity index (χ0) is 21.3. The largest absolute Gasteiger partial charge is 0.491 e. The lowest BCUT2D eigenvalue weighted by Crippen LogP contribution is -2.38. The minimum absolute atomic E-state index is 0.0855. The molecular weight excluding hydrogens is 372 g/mol. The molecule has 0 bridgehead atoms. The molecule has 0 saturated carbocycles. The molecule has 1 aromatic carbocycles. The number of pyridine rings is 1. The van der Waals surface area contributed by atoms with Gasteiger partial charge in [-0.25, -0.2) is 9.78 Å². The molecule has 0 radical (unpaired) electrons. The number of hydrogen-bond donors (Lipinski definition) is 1. The topological polar surface area (TPSA) is 95.2 Å². The fraction of sp³-hybridized carbons (Fsp3) is 0.333. The van der Waals surface area contributed by atoms with Gasteiger partial charge in [0.2, 0.25) is 0 Å². The van der Waals surface area contributed by atoms with Gasteiger partial charge in [0.1, 0.15) is 11.4 Å². The molecule has 8 heteroatoms. The number of carbonyl (C=O) groups is 1. The second-order valence-corrected chi connectivity index (χ2v) is 7.21. The molecule has 8 nitrogen and oxygen atoms in total. The summed E-state index contributed by atoms with van der Waals surface area (Å²) in [6.45, 7) is 5.91. The first-order valence-corrected chi connectivity index (χ1v) is 9.30. The van der Waals surface area contributed by atoms with Crippen molar-refractivity contribution in [1.29, 1.82) is 0 Å². The predicted octanol–water partition coefficient (Wildman–Crippen LogP) is 1.66. The standard InChI is InChI=1S/C21H24N4O4/c1-12(2)29-15-8-6-14(7-9-15)11-22-19(26)16-10-13(3)23-18-17(16)20(27)25(5)21(28)24(18)4/h6-10,12H,11H2,1-5H3,(H,22,26). The average molecular weight is 396 g/mol. The number of nitrogens with one attached hydrogen (secondary N) is 1. The van der Waals surface area contributed by atoms with Gasteiger partial charge in [-0.3, -0.25) is 18.7 Å². The lowest BCUT2D eigenvalue weighted by molar-refractivity contribution is 0.0952. The maximum atomic E-state index is 12.9. The maximum absolute atomic E-state index is 12.9. The van der Waals surface area contributed by atoms with E-state index in [-0.39, 0.29) is 29.2 Å². The van der Waals surface area contributed by atoms with Crippen LogP contribution >= 0.6 is 0 Å². The Kier molecular flexibility index (Phi) is 5.54. The van der Waals surface area contributed by atoms with E-state index in [9.17, 15) is 14.4 Å². The van der Waals surface area contributed by atoms with Crippen molar-refractivity contribution in [3.8, 4) is 5.75 Å². The predicted molar refractivity (Wildman–Crippen MR) is 110 cm³/mol. The molecule has 0 aliphatic rings. The molecule has 0 spiro atoms. The molecule has 3 aromatic rings. The highest BCUT2D eigenvalue weighted by molar-refractivity contribution is 6.05. The third-order valence-electron chi connectivity index (χ3n) is 4.53. The van der Waals surface area contributed by atoms with Gasteiger partial charge in [0.05, 0.1) is 17.1 Å². The number of rotatable bonds is 5. The SMILES string of the molecule is Cc1cc(C(=O)NCc2ccc(OC(C)C)cc2)c2c(=O)n(C)c(=O)n(C)c2n1. The highest BCUT2D eigenvalue weighted by Gasteiger charge is 2.19. The summed E-state index contributed by atoms with van der Waals surface area (Å²) in [6, 6.07) is 8.99. The number of ether oxygens (including phenoxy) is 1. The second kappa shape index (κ2) is 7.90. The first-order valence-electron chi connectivity index (χ1n) is 9.30. The summed E-state index contributed by atoms with van der Waals surface area (Å²) in [7, 11) is 2.91. The molecule has 0 fully saturated rings. The number of carbonyl (C=O) groups excluding carboxylic acids is 1. The van der Waals surface area contributed by atoms with E-state index >= 15 is 0 Å². The van der Waals surface area contributed by atoms with E-state index in [4.69, 9.17) is 4.74 Å². The molecule has 0 saturated heterocycles. The Balaban J connectivity index is 1.91. The minimum Gasteiger partial charge on any atom is -0.491 e. The summed E-state index contributed by atoms with van der Waals surface area (Å²) in [5.41, 5.74) is 0.791. The van der Waals surface area contributed by atoms with Gasteiger partial charge in [0, 0.05) is 26.3 Å². The van der Waals surface area contributed by atoms with Crippen LogP contribution in [0.4, 0.5) is 0 Å². The van der Waals surface area contributed by atoms with Crippen LogP contribution in [0.15, 0.2) is 39.9 Å². The van der Waals surface area contributed by atoms with Crippen molar-refractivity contribution in [2.24, 2.45) is 14.1 Å². The van der Waals surface area contributed by atoms with Crippen LogP contribution in [0.3, 0.4) is 0 Å². The van der Waals surface area contributed by atoms with Crippen LogP contribution in [-0.2, 0) is 20.6 Å². The highest BCUT2D eigenvalue weighted by Crippen LogP contribution is 2.16. The van der Waals surface area contributed by atoms with Crippen LogP contribution in [0.5, 0.6) is 5.75 Å². The van der Waals surface area contributed by atoms with Gasteiger partial charge in [-0.15, -0.1) is 0 Å². The fourth-order valence-corrected chi connectivity index (χ4v) is 3.10. The summed E-state index contributed by atoms with van der Waals surface area (Å²) in [6.07, 6.45) is 0.0855. The molecular formula is C21H24N4O4. The van der Waals surface area contributed by atoms with E-state index in [0.717, 1.165) is 15.9 Å². The van der Waals surface area contributed by atoms with Gasteiger partial charge in [-0.05, 0) is 44.5 Å². The van der Waals surface area contributed by atoms with E-state index in [2.05, 4.69) is 10.3 Å². The van der Waals surface area contributed by atoms with Gasteiger partial charge in [0.25, 0.3) is 11.5 Å². The molecule has 152 valence electrons. The van der Waals surface area contributed by atoms with Crippen molar-refractivity contribution < 1.29 is 9.53 Å². The van der Waals surface area contributed by atoms with Gasteiger partial charge in [0.15, 0.2) is 0 Å². The summed E-state index contributed by atoms with van der Waals surface area (Å²) < 4.78 is 7.86. The lowest BCUT2D eigenvalue weighted by atomic mass is 10.1. The number of amides is 1. The van der Waals surface area contributed by atoms with Crippen LogP contribution in [-0.4, -0.2) is 26.1 Å². The summed E-state index contributed by atoms with van der Waals surface area (Å²) in [4.78, 5) is 42.0. The van der Waals surface area contributed by atoms with E-state index in [1.807, 2.05) is 38.1 Å². The molecule has 0 aliphatic heterocycles. The third kappa shape index (κ3) is 4.06. The van der Waals surface area contributed by atoms with Crippen molar-refractivity contribution in [1.82, 2.24) is 19.4 Å². The molecule has 29 heavy (non-hydrogen) atoms. The Morgan fingerprint density at radius 2 is 1.79 bits per heavy atom. The summed E-state index contributed by atoms with van der Waals surface area (Å²) in [5, 5.41) is 2.96. The Morgan fingerprint density at radius 1 is 1.14 bits per heavy atom. The zero-order valence-electron chi connectivity index (χ0n) is 17.1. The van der Waals surface area contributed by atoms with Gasteiger partial charge < -0.3 is 10.1 Å². The Morgan fingerprint density at radius 3 is 2.41 bits per heavy atom. The third-order valence-corrected chi connectivity index (χ3v) is 4.53. The van der Waals surface area contributed by atoms with Gasteiger partial charge in [-0.1, -0.05) is 12.1 Å². The van der Waals surface area contributed by atoms with Crippen LogP contribution in [0.2, 0.25) is 0 Å². The number of fused-ring (bicyclic) bond motifs is 1. The first kappa shape index (κ1) is 20.3. The Labute approximate surface area is 167 Å². The average Bonchev–Trinajstić information content (AvgIpc) is 2.68. The van der Waals surface area contributed by atoms with Crippen molar-refractivity contribution in [3.63, 3.8) is 0 Å². The molecule has 2 aromatic heterocycles. The quantitative estimate of drug-likeness (QED) is 0.708. The number of aryl methyl sites for hydroxylation is 2. The minimum atomic E-state index is -0.545. The molecule has 0 aliphatic carbocycles. The van der Waals surface area contributed by atoms with Crippen LogP contribution in [0, 0.1) is 6.92 Å². The molecule has 1 amide bonds. The molecule has 2 heterocycles. The lowest BCUT2D eigenvalue weighted by Gasteiger charge is -2.12. The van der Waals surface area contributed by atoms with Crippen LogP contribution in [0.25, 0.3) is 11.0 Å². The van der Waals surface area contributed by atoms with E-state index in [1.165, 1.54) is 18.7 Å². The Hall–Kier alpha value is -3.42. The molecule has 3 rings (SSSR count). The van der Waals surface area contributed by atoms with Gasteiger partial charge >= 0.3 is 5.69 Å². The monoisotopic (exact) mass is 396 g/mol. The molecule has 1 N–H and O–H groups in total. The first-order chi connectivity index (χ1) is 13.7. The van der Waals surface area contributed by atoms with E-state index < -0.39 is 17.2 Å². The number of hydrogen-bond acceptors (Lipinski definition) is 5. The number of benzene rings is 1. The Bertz CT molecular complexity index is 1190. The van der Waals surface area contributed by atoms with Crippen LogP contribution in [0.1, 0.15) is 35.5 Å². The van der Waals surface area contributed by atoms with E-state index in [0.29, 0.717) is 5.69 Å². The second-order valence-electron chi connectivity index (χ2n) is 7.21. The van der Waals surface area contributed by atoms with Crippen molar-refractivity contribution in [2.75, 3.05) is 0 Å². The zero-order valence-corrected chi connectivity index (χ0v) is 17.1. The highest BCUT2D eigenvalue weighted by atomic mass is 16.5. The number of aromatic nitrogens is 3.